The van der Waals surface area contributed by atoms with Crippen LogP contribution in [0.4, 0.5) is 11.4 Å². The normalized spacial score (nSPS) is 17.0. The number of nitrogens with zero attached hydrogens (tertiary/aromatic N) is 1. The first-order valence-corrected chi connectivity index (χ1v) is 7.45. The molecule has 1 aromatic carbocycles. The lowest BCUT2D eigenvalue weighted by Crippen LogP contribution is -2.50. The van der Waals surface area contributed by atoms with E-state index in [1.54, 1.807) is 26.2 Å². The van der Waals surface area contributed by atoms with Crippen LogP contribution in [0.3, 0.4) is 0 Å². The van der Waals surface area contributed by atoms with Crippen LogP contribution >= 0.6 is 0 Å². The second-order valence-corrected chi connectivity index (χ2v) is 5.87. The summed E-state index contributed by atoms with van der Waals surface area (Å²) < 4.78 is 5.20. The molecule has 0 bridgehead atoms. The standard InChI is InChI=1S/C16H23N3O3/c1-10(2)8-17-15(20)9-19-14-6-5-12(22-4)7-13(14)18-11(3)16(19)21/h5-7,10-11,18H,8-9H2,1-4H3,(H,17,20). The van der Waals surface area contributed by atoms with Gasteiger partial charge in [0.25, 0.3) is 0 Å². The maximum Gasteiger partial charge on any atom is 0.249 e. The molecule has 0 aromatic heterocycles. The van der Waals surface area contributed by atoms with Crippen molar-refractivity contribution in [2.75, 3.05) is 30.4 Å². The SMILES string of the molecule is COc1ccc2c(c1)NC(C)C(=O)N2CC(=O)NCC(C)C. The number of ether oxygens (including phenoxy) is 1. The Morgan fingerprint density at radius 3 is 2.82 bits per heavy atom. The Bertz CT molecular complexity index is 572. The molecular formula is C16H23N3O3. The average Bonchev–Trinajstić information content (AvgIpc) is 2.49. The lowest BCUT2D eigenvalue weighted by molar-refractivity contribution is -0.124. The van der Waals surface area contributed by atoms with Gasteiger partial charge < -0.3 is 15.4 Å². The van der Waals surface area contributed by atoms with Gasteiger partial charge in [-0.2, -0.15) is 0 Å². The van der Waals surface area contributed by atoms with Crippen molar-refractivity contribution in [2.24, 2.45) is 5.92 Å². The molecule has 22 heavy (non-hydrogen) atoms. The van der Waals surface area contributed by atoms with Crippen molar-refractivity contribution in [1.82, 2.24) is 5.32 Å². The molecule has 1 atom stereocenters. The summed E-state index contributed by atoms with van der Waals surface area (Å²) in [6.07, 6.45) is 0. The largest absolute Gasteiger partial charge is 0.497 e. The zero-order chi connectivity index (χ0) is 16.3. The Morgan fingerprint density at radius 1 is 1.45 bits per heavy atom. The maximum absolute atomic E-state index is 12.4. The summed E-state index contributed by atoms with van der Waals surface area (Å²) in [4.78, 5) is 25.9. The molecule has 2 N–H and O–H groups in total. The molecule has 1 unspecified atom stereocenters. The van der Waals surface area contributed by atoms with Crippen LogP contribution in [0.25, 0.3) is 0 Å². The minimum absolute atomic E-state index is 0.0247. The summed E-state index contributed by atoms with van der Waals surface area (Å²) in [5.74, 6) is 0.811. The number of fused-ring (bicyclic) bond motifs is 1. The predicted molar refractivity (Wildman–Crippen MR) is 86.3 cm³/mol. The van der Waals surface area contributed by atoms with E-state index in [0.29, 0.717) is 23.9 Å². The summed E-state index contributed by atoms with van der Waals surface area (Å²) in [6.45, 7) is 6.46. The highest BCUT2D eigenvalue weighted by atomic mass is 16.5. The summed E-state index contributed by atoms with van der Waals surface area (Å²) in [6, 6.07) is 5.03. The van der Waals surface area contributed by atoms with Gasteiger partial charge in [0.1, 0.15) is 18.3 Å². The van der Waals surface area contributed by atoms with Gasteiger partial charge in [-0.05, 0) is 25.0 Å². The molecule has 1 aliphatic rings. The van der Waals surface area contributed by atoms with E-state index < -0.39 is 0 Å². The molecule has 0 saturated heterocycles. The van der Waals surface area contributed by atoms with Crippen molar-refractivity contribution in [1.29, 1.82) is 0 Å². The maximum atomic E-state index is 12.4. The first kappa shape index (κ1) is 16.1. The number of nitrogens with one attached hydrogen (secondary N) is 2. The topological polar surface area (TPSA) is 70.7 Å². The van der Waals surface area contributed by atoms with Crippen LogP contribution in [0.1, 0.15) is 20.8 Å². The Hall–Kier alpha value is -2.24. The van der Waals surface area contributed by atoms with E-state index in [0.717, 1.165) is 5.69 Å². The number of anilines is 2. The number of hydrogen-bond acceptors (Lipinski definition) is 4. The van der Waals surface area contributed by atoms with Crippen molar-refractivity contribution in [3.8, 4) is 5.75 Å². The van der Waals surface area contributed by atoms with Crippen LogP contribution in [0, 0.1) is 5.92 Å². The van der Waals surface area contributed by atoms with Crippen molar-refractivity contribution >= 4 is 23.2 Å². The number of hydrogen-bond donors (Lipinski definition) is 2. The van der Waals surface area contributed by atoms with E-state index in [1.165, 1.54) is 4.90 Å². The molecule has 1 aliphatic heterocycles. The van der Waals surface area contributed by atoms with E-state index in [1.807, 2.05) is 19.9 Å². The fourth-order valence-electron chi connectivity index (χ4n) is 2.32. The van der Waals surface area contributed by atoms with Crippen molar-refractivity contribution in [2.45, 2.75) is 26.8 Å². The lowest BCUT2D eigenvalue weighted by Gasteiger charge is -2.33. The minimum atomic E-state index is -0.377. The van der Waals surface area contributed by atoms with E-state index in [2.05, 4.69) is 10.6 Å². The summed E-state index contributed by atoms with van der Waals surface area (Å²) >= 11 is 0. The number of amides is 2. The molecule has 0 fully saturated rings. The summed E-state index contributed by atoms with van der Waals surface area (Å²) in [5.41, 5.74) is 1.49. The number of carbonyl (C=O) groups excluding carboxylic acids is 2. The molecule has 2 amide bonds. The highest BCUT2D eigenvalue weighted by Crippen LogP contribution is 2.34. The molecule has 6 nitrogen and oxygen atoms in total. The molecule has 0 spiro atoms. The molecule has 120 valence electrons. The monoisotopic (exact) mass is 305 g/mol. The molecule has 2 rings (SSSR count). The first-order valence-electron chi connectivity index (χ1n) is 7.45. The zero-order valence-electron chi connectivity index (χ0n) is 13.5. The van der Waals surface area contributed by atoms with E-state index in [4.69, 9.17) is 4.74 Å². The molecule has 1 heterocycles. The third-order valence-corrected chi connectivity index (χ3v) is 3.51. The molecule has 0 saturated carbocycles. The van der Waals surface area contributed by atoms with Crippen molar-refractivity contribution in [3.05, 3.63) is 18.2 Å². The Balaban J connectivity index is 2.20. The van der Waals surface area contributed by atoms with Crippen LogP contribution in [0.5, 0.6) is 5.75 Å². The fourth-order valence-corrected chi connectivity index (χ4v) is 2.32. The second-order valence-electron chi connectivity index (χ2n) is 5.87. The van der Waals surface area contributed by atoms with Gasteiger partial charge in [0, 0.05) is 12.6 Å². The number of methoxy groups -OCH3 is 1. The van der Waals surface area contributed by atoms with Crippen LogP contribution in [0.2, 0.25) is 0 Å². The van der Waals surface area contributed by atoms with Gasteiger partial charge in [0.15, 0.2) is 0 Å². The fraction of sp³-hybridized carbons (Fsp3) is 0.500. The first-order chi connectivity index (χ1) is 10.4. The summed E-state index contributed by atoms with van der Waals surface area (Å²) in [5, 5.41) is 5.98. The third kappa shape index (κ3) is 3.50. The van der Waals surface area contributed by atoms with Crippen LogP contribution in [-0.4, -0.2) is 38.1 Å². The molecule has 6 heteroatoms. The number of rotatable bonds is 5. The smallest absolute Gasteiger partial charge is 0.249 e. The molecular weight excluding hydrogens is 282 g/mol. The predicted octanol–water partition coefficient (Wildman–Crippen LogP) is 1.61. The van der Waals surface area contributed by atoms with Crippen LogP contribution < -0.4 is 20.3 Å². The zero-order valence-corrected chi connectivity index (χ0v) is 13.5. The highest BCUT2D eigenvalue weighted by Gasteiger charge is 2.31. The second kappa shape index (κ2) is 6.68. The summed E-state index contributed by atoms with van der Waals surface area (Å²) in [7, 11) is 1.59. The van der Waals surface area contributed by atoms with E-state index in [-0.39, 0.29) is 24.4 Å². The van der Waals surface area contributed by atoms with Gasteiger partial charge >= 0.3 is 0 Å². The number of benzene rings is 1. The molecule has 1 aromatic rings. The van der Waals surface area contributed by atoms with Crippen molar-refractivity contribution < 1.29 is 14.3 Å². The lowest BCUT2D eigenvalue weighted by atomic mass is 10.1. The van der Waals surface area contributed by atoms with Gasteiger partial charge in [0.05, 0.1) is 18.5 Å². The Kier molecular flexibility index (Phi) is 4.90. The van der Waals surface area contributed by atoms with Gasteiger partial charge in [0.2, 0.25) is 11.8 Å². The van der Waals surface area contributed by atoms with E-state index >= 15 is 0 Å². The van der Waals surface area contributed by atoms with Crippen molar-refractivity contribution in [3.63, 3.8) is 0 Å². The van der Waals surface area contributed by atoms with Crippen LogP contribution in [-0.2, 0) is 9.59 Å². The van der Waals surface area contributed by atoms with Gasteiger partial charge in [-0.25, -0.2) is 0 Å². The quantitative estimate of drug-likeness (QED) is 0.867. The van der Waals surface area contributed by atoms with E-state index in [9.17, 15) is 9.59 Å². The minimum Gasteiger partial charge on any atom is -0.497 e. The third-order valence-electron chi connectivity index (χ3n) is 3.51. The van der Waals surface area contributed by atoms with Crippen LogP contribution in [0.15, 0.2) is 18.2 Å². The molecule has 0 aliphatic carbocycles. The van der Waals surface area contributed by atoms with Gasteiger partial charge in [-0.15, -0.1) is 0 Å². The Morgan fingerprint density at radius 2 is 2.18 bits per heavy atom. The highest BCUT2D eigenvalue weighted by molar-refractivity contribution is 6.07. The Labute approximate surface area is 130 Å². The van der Waals surface area contributed by atoms with Gasteiger partial charge in [-0.1, -0.05) is 13.8 Å². The van der Waals surface area contributed by atoms with Gasteiger partial charge in [-0.3, -0.25) is 14.5 Å². The number of carbonyl (C=O) groups is 2. The molecule has 0 radical (unpaired) electrons. The average molecular weight is 305 g/mol.